The number of nitrogens with zero attached hydrogens (tertiary/aromatic N) is 5. The molecule has 1 aliphatic carbocycles. The van der Waals surface area contributed by atoms with Crippen LogP contribution in [0.5, 0.6) is 0 Å². The van der Waals surface area contributed by atoms with Gasteiger partial charge in [0.05, 0.1) is 5.60 Å². The number of nitrogens with one attached hydrogen (secondary N) is 2. The summed E-state index contributed by atoms with van der Waals surface area (Å²) in [4.78, 5) is 19.7. The van der Waals surface area contributed by atoms with Crippen molar-refractivity contribution in [2.45, 2.75) is 38.2 Å². The molecule has 2 aromatic rings. The molecule has 0 spiro atoms. The molecule has 0 aromatic carbocycles. The van der Waals surface area contributed by atoms with Gasteiger partial charge in [0.25, 0.3) is 0 Å². The van der Waals surface area contributed by atoms with E-state index in [0.717, 1.165) is 32.2 Å². The predicted molar refractivity (Wildman–Crippen MR) is 95.5 cm³/mol. The quantitative estimate of drug-likeness (QED) is 0.704. The zero-order valence-corrected chi connectivity index (χ0v) is 14.5. The Balaban J connectivity index is 1.97. The highest BCUT2D eigenvalue weighted by Crippen LogP contribution is 2.32. The lowest BCUT2D eigenvalue weighted by molar-refractivity contribution is -0.0202. The zero-order valence-electron chi connectivity index (χ0n) is 14.5. The standard InChI is InChI=1S/C16H25N7O/c1-4-8-17-14-11-12(21-15(22-14)23(2)3)13(20-10-19-11)18-9-16(24)6-5-7-16/h10,24H,4-9H2,1-3H3,(H,17,21,22)(H,18,19,20). The molecule has 8 nitrogen and oxygen atoms in total. The minimum atomic E-state index is -0.627. The fraction of sp³-hybridized carbons (Fsp3) is 0.625. The van der Waals surface area contributed by atoms with Gasteiger partial charge in [-0.15, -0.1) is 0 Å². The molecule has 0 bridgehead atoms. The Bertz CT molecular complexity index is 715. The summed E-state index contributed by atoms with van der Waals surface area (Å²) in [6.45, 7) is 3.38. The number of fused-ring (bicyclic) bond motifs is 1. The van der Waals surface area contributed by atoms with Crippen molar-refractivity contribution in [1.29, 1.82) is 0 Å². The SMILES string of the molecule is CCCNc1nc(N(C)C)nc2c(NCC3(O)CCC3)ncnc12. The molecule has 130 valence electrons. The Kier molecular flexibility index (Phi) is 4.66. The molecule has 0 atom stereocenters. The maximum atomic E-state index is 10.3. The van der Waals surface area contributed by atoms with E-state index >= 15 is 0 Å². The van der Waals surface area contributed by atoms with Crippen LogP contribution in [0.3, 0.4) is 0 Å². The Morgan fingerprint density at radius 1 is 1.12 bits per heavy atom. The lowest BCUT2D eigenvalue weighted by Crippen LogP contribution is -2.43. The first-order valence-corrected chi connectivity index (χ1v) is 8.42. The van der Waals surface area contributed by atoms with Gasteiger partial charge in [-0.05, 0) is 25.7 Å². The second-order valence-corrected chi connectivity index (χ2v) is 6.54. The summed E-state index contributed by atoms with van der Waals surface area (Å²) in [5.74, 6) is 1.94. The van der Waals surface area contributed by atoms with Crippen molar-refractivity contribution < 1.29 is 5.11 Å². The van der Waals surface area contributed by atoms with Gasteiger partial charge in [0.2, 0.25) is 5.95 Å². The van der Waals surface area contributed by atoms with E-state index in [4.69, 9.17) is 0 Å². The first-order valence-electron chi connectivity index (χ1n) is 8.42. The predicted octanol–water partition coefficient (Wildman–Crippen LogP) is 1.63. The summed E-state index contributed by atoms with van der Waals surface area (Å²) in [5, 5.41) is 16.8. The molecule has 2 aromatic heterocycles. The number of anilines is 3. The van der Waals surface area contributed by atoms with Crippen LogP contribution in [0.15, 0.2) is 6.33 Å². The van der Waals surface area contributed by atoms with Gasteiger partial charge >= 0.3 is 0 Å². The molecule has 0 aliphatic heterocycles. The maximum Gasteiger partial charge on any atom is 0.227 e. The molecule has 3 N–H and O–H groups in total. The number of aliphatic hydroxyl groups is 1. The second kappa shape index (κ2) is 6.72. The average Bonchev–Trinajstić information content (AvgIpc) is 2.55. The molecule has 1 saturated carbocycles. The van der Waals surface area contributed by atoms with E-state index in [-0.39, 0.29) is 0 Å². The Labute approximate surface area is 141 Å². The van der Waals surface area contributed by atoms with Crippen LogP contribution in [0.1, 0.15) is 32.6 Å². The Morgan fingerprint density at radius 3 is 2.54 bits per heavy atom. The normalized spacial score (nSPS) is 15.8. The molecule has 0 radical (unpaired) electrons. The second-order valence-electron chi connectivity index (χ2n) is 6.54. The van der Waals surface area contributed by atoms with Crippen molar-refractivity contribution >= 4 is 28.6 Å². The molecular formula is C16H25N7O. The van der Waals surface area contributed by atoms with Crippen molar-refractivity contribution in [2.24, 2.45) is 0 Å². The summed E-state index contributed by atoms with van der Waals surface area (Å²) in [6.07, 6.45) is 5.21. The monoisotopic (exact) mass is 331 g/mol. The fourth-order valence-corrected chi connectivity index (χ4v) is 2.64. The van der Waals surface area contributed by atoms with E-state index in [1.165, 1.54) is 6.33 Å². The van der Waals surface area contributed by atoms with E-state index < -0.39 is 5.60 Å². The smallest absolute Gasteiger partial charge is 0.227 e. The van der Waals surface area contributed by atoms with Gasteiger partial charge in [0.1, 0.15) is 17.4 Å². The third kappa shape index (κ3) is 3.33. The molecule has 3 rings (SSSR count). The highest BCUT2D eigenvalue weighted by Gasteiger charge is 2.34. The number of aromatic nitrogens is 4. The minimum absolute atomic E-state index is 0.470. The summed E-state index contributed by atoms with van der Waals surface area (Å²) in [6, 6.07) is 0. The summed E-state index contributed by atoms with van der Waals surface area (Å²) < 4.78 is 0. The van der Waals surface area contributed by atoms with E-state index in [0.29, 0.717) is 35.2 Å². The highest BCUT2D eigenvalue weighted by molar-refractivity contribution is 5.93. The highest BCUT2D eigenvalue weighted by atomic mass is 16.3. The van der Waals surface area contributed by atoms with Crippen LogP contribution in [0.4, 0.5) is 17.6 Å². The van der Waals surface area contributed by atoms with E-state index in [1.54, 1.807) is 0 Å². The van der Waals surface area contributed by atoms with Gasteiger partial charge in [0.15, 0.2) is 11.6 Å². The van der Waals surface area contributed by atoms with Crippen LogP contribution in [-0.2, 0) is 0 Å². The van der Waals surface area contributed by atoms with Crippen LogP contribution < -0.4 is 15.5 Å². The van der Waals surface area contributed by atoms with E-state index in [9.17, 15) is 5.11 Å². The first-order chi connectivity index (χ1) is 11.5. The van der Waals surface area contributed by atoms with E-state index in [2.05, 4.69) is 37.5 Å². The van der Waals surface area contributed by atoms with Crippen LogP contribution in [0.25, 0.3) is 11.0 Å². The summed E-state index contributed by atoms with van der Waals surface area (Å²) >= 11 is 0. The molecule has 24 heavy (non-hydrogen) atoms. The molecular weight excluding hydrogens is 306 g/mol. The largest absolute Gasteiger partial charge is 0.388 e. The van der Waals surface area contributed by atoms with Gasteiger partial charge in [-0.1, -0.05) is 6.92 Å². The third-order valence-electron chi connectivity index (χ3n) is 4.28. The number of hydrogen-bond acceptors (Lipinski definition) is 8. The van der Waals surface area contributed by atoms with Crippen molar-refractivity contribution in [3.05, 3.63) is 6.33 Å². The molecule has 1 fully saturated rings. The van der Waals surface area contributed by atoms with Crippen LogP contribution >= 0.6 is 0 Å². The molecule has 2 heterocycles. The van der Waals surface area contributed by atoms with Gasteiger partial charge in [-0.25, -0.2) is 15.0 Å². The van der Waals surface area contributed by atoms with Gasteiger partial charge in [-0.3, -0.25) is 0 Å². The third-order valence-corrected chi connectivity index (χ3v) is 4.28. The molecule has 1 aliphatic rings. The molecule has 0 unspecified atom stereocenters. The van der Waals surface area contributed by atoms with Crippen LogP contribution in [0.2, 0.25) is 0 Å². The zero-order chi connectivity index (χ0) is 17.2. The maximum absolute atomic E-state index is 10.3. The first kappa shape index (κ1) is 16.6. The topological polar surface area (TPSA) is 99.1 Å². The van der Waals surface area contributed by atoms with Crippen molar-refractivity contribution in [3.63, 3.8) is 0 Å². The van der Waals surface area contributed by atoms with Crippen LogP contribution in [-0.4, -0.2) is 57.8 Å². The molecule has 0 amide bonds. The van der Waals surface area contributed by atoms with E-state index in [1.807, 2.05) is 19.0 Å². The number of rotatable bonds is 7. The Hall–Kier alpha value is -2.22. The minimum Gasteiger partial charge on any atom is -0.388 e. The lowest BCUT2D eigenvalue weighted by Gasteiger charge is -2.36. The van der Waals surface area contributed by atoms with Gasteiger partial charge < -0.3 is 20.6 Å². The van der Waals surface area contributed by atoms with Crippen LogP contribution in [0, 0.1) is 0 Å². The van der Waals surface area contributed by atoms with Gasteiger partial charge in [0, 0.05) is 27.2 Å². The average molecular weight is 331 g/mol. The van der Waals surface area contributed by atoms with Gasteiger partial charge in [-0.2, -0.15) is 4.98 Å². The fourth-order valence-electron chi connectivity index (χ4n) is 2.64. The molecule has 0 saturated heterocycles. The van der Waals surface area contributed by atoms with Crippen molar-refractivity contribution in [2.75, 3.05) is 42.7 Å². The van der Waals surface area contributed by atoms with Crippen molar-refractivity contribution in [3.8, 4) is 0 Å². The lowest BCUT2D eigenvalue weighted by atomic mass is 9.80. The summed E-state index contributed by atoms with van der Waals surface area (Å²) in [5.41, 5.74) is 0.725. The molecule has 8 heteroatoms. The van der Waals surface area contributed by atoms with Crippen molar-refractivity contribution in [1.82, 2.24) is 19.9 Å². The number of hydrogen-bond donors (Lipinski definition) is 3. The summed E-state index contributed by atoms with van der Waals surface area (Å²) in [7, 11) is 3.80. The Morgan fingerprint density at radius 2 is 1.92 bits per heavy atom.